The van der Waals surface area contributed by atoms with Crippen LogP contribution in [0.2, 0.25) is 0 Å². The highest BCUT2D eigenvalue weighted by Gasteiger charge is 2.04. The quantitative estimate of drug-likeness (QED) is 0.565. The van der Waals surface area contributed by atoms with Crippen LogP contribution in [0.1, 0.15) is 30.9 Å². The molecular formula is C9H12FN. The van der Waals surface area contributed by atoms with Gasteiger partial charge in [-0.3, -0.25) is 0 Å². The van der Waals surface area contributed by atoms with Crippen molar-refractivity contribution >= 4 is 0 Å². The monoisotopic (exact) mass is 153 g/mol. The van der Waals surface area contributed by atoms with Gasteiger partial charge in [0.25, 0.3) is 0 Å². The summed E-state index contributed by atoms with van der Waals surface area (Å²) in [4.78, 5) is 3.56. The third-order valence-corrected chi connectivity index (χ3v) is 1.73. The first-order valence-electron chi connectivity index (χ1n) is 3.73. The lowest BCUT2D eigenvalue weighted by Gasteiger charge is -2.07. The molecule has 1 nitrogen and oxygen atoms in total. The molecule has 0 N–H and O–H groups in total. The fourth-order valence-corrected chi connectivity index (χ4v) is 1.13. The normalized spacial score (nSPS) is 10.6. The molecule has 0 fully saturated rings. The predicted molar refractivity (Wildman–Crippen MR) is 43.0 cm³/mol. The fraction of sp³-hybridized carbons (Fsp3) is 0.444. The summed E-state index contributed by atoms with van der Waals surface area (Å²) in [6, 6.07) is 1.50. The van der Waals surface area contributed by atoms with Gasteiger partial charge in [0.2, 0.25) is 5.95 Å². The molecule has 0 aliphatic rings. The molecule has 0 amide bonds. The summed E-state index contributed by atoms with van der Waals surface area (Å²) in [5, 5.41) is 0. The Morgan fingerprint density at radius 2 is 2.09 bits per heavy atom. The van der Waals surface area contributed by atoms with Crippen molar-refractivity contribution in [2.24, 2.45) is 0 Å². The lowest BCUT2D eigenvalue weighted by molar-refractivity contribution is 0.578. The Morgan fingerprint density at radius 3 is 2.55 bits per heavy atom. The second-order valence-electron chi connectivity index (χ2n) is 3.02. The average molecular weight is 153 g/mol. The molecule has 0 radical (unpaired) electrons. The molecule has 0 aromatic carbocycles. The number of hydrogen-bond donors (Lipinski definition) is 0. The smallest absolute Gasteiger partial charge is 0.213 e. The van der Waals surface area contributed by atoms with E-state index in [1.54, 1.807) is 6.20 Å². The SMILES string of the molecule is Cc1cnc(F)cc1C(C)C. The number of hydrogen-bond acceptors (Lipinski definition) is 1. The molecule has 1 rings (SSSR count). The first kappa shape index (κ1) is 8.18. The zero-order chi connectivity index (χ0) is 8.43. The summed E-state index contributed by atoms with van der Waals surface area (Å²) in [7, 11) is 0. The second kappa shape index (κ2) is 2.99. The maximum absolute atomic E-state index is 12.6. The highest BCUT2D eigenvalue weighted by atomic mass is 19.1. The molecule has 1 heterocycles. The van der Waals surface area contributed by atoms with Crippen LogP contribution in [0.15, 0.2) is 12.3 Å². The van der Waals surface area contributed by atoms with Crippen molar-refractivity contribution in [1.29, 1.82) is 0 Å². The lowest BCUT2D eigenvalue weighted by atomic mass is 10.0. The zero-order valence-electron chi connectivity index (χ0n) is 7.06. The molecule has 0 aliphatic carbocycles. The van der Waals surface area contributed by atoms with E-state index in [0.717, 1.165) is 11.1 Å². The van der Waals surface area contributed by atoms with Crippen LogP contribution in [0.3, 0.4) is 0 Å². The van der Waals surface area contributed by atoms with Crippen LogP contribution >= 0.6 is 0 Å². The van der Waals surface area contributed by atoms with Gasteiger partial charge in [-0.2, -0.15) is 4.39 Å². The van der Waals surface area contributed by atoms with Gasteiger partial charge in [0, 0.05) is 6.20 Å². The minimum Gasteiger partial charge on any atom is -0.228 e. The number of pyridine rings is 1. The number of aryl methyl sites for hydroxylation is 1. The van der Waals surface area contributed by atoms with Crippen molar-refractivity contribution in [1.82, 2.24) is 4.98 Å². The maximum atomic E-state index is 12.6. The Labute approximate surface area is 66.3 Å². The number of halogens is 1. The summed E-state index contributed by atoms with van der Waals surface area (Å²) < 4.78 is 12.6. The highest BCUT2D eigenvalue weighted by Crippen LogP contribution is 2.17. The minimum atomic E-state index is -0.390. The van der Waals surface area contributed by atoms with Crippen molar-refractivity contribution in [3.05, 3.63) is 29.3 Å². The van der Waals surface area contributed by atoms with Gasteiger partial charge >= 0.3 is 0 Å². The second-order valence-corrected chi connectivity index (χ2v) is 3.02. The molecule has 0 unspecified atom stereocenters. The van der Waals surface area contributed by atoms with Crippen LogP contribution in [-0.4, -0.2) is 4.98 Å². The largest absolute Gasteiger partial charge is 0.228 e. The van der Waals surface area contributed by atoms with Gasteiger partial charge in [0.15, 0.2) is 0 Å². The molecule has 1 aromatic rings. The fourth-order valence-electron chi connectivity index (χ4n) is 1.13. The van der Waals surface area contributed by atoms with Crippen LogP contribution in [0.25, 0.3) is 0 Å². The lowest BCUT2D eigenvalue weighted by Crippen LogP contribution is -1.95. The molecule has 0 saturated carbocycles. The zero-order valence-corrected chi connectivity index (χ0v) is 7.06. The van der Waals surface area contributed by atoms with Crippen LogP contribution in [0, 0.1) is 12.9 Å². The first-order valence-corrected chi connectivity index (χ1v) is 3.73. The number of aromatic nitrogens is 1. The van der Waals surface area contributed by atoms with Crippen molar-refractivity contribution < 1.29 is 4.39 Å². The van der Waals surface area contributed by atoms with Crippen molar-refractivity contribution in [2.45, 2.75) is 26.7 Å². The van der Waals surface area contributed by atoms with Crippen LogP contribution in [0.5, 0.6) is 0 Å². The minimum absolute atomic E-state index is 0.368. The Bertz CT molecular complexity index is 256. The standard InChI is InChI=1S/C9H12FN/c1-6(2)8-4-9(10)11-5-7(8)3/h4-6H,1-3H3. The third-order valence-electron chi connectivity index (χ3n) is 1.73. The summed E-state index contributed by atoms with van der Waals surface area (Å²) in [5.41, 5.74) is 2.10. The molecule has 0 atom stereocenters. The van der Waals surface area contributed by atoms with Crippen LogP contribution < -0.4 is 0 Å². The molecule has 0 aliphatic heterocycles. The predicted octanol–water partition coefficient (Wildman–Crippen LogP) is 2.65. The van der Waals surface area contributed by atoms with Gasteiger partial charge in [0.1, 0.15) is 0 Å². The molecule has 60 valence electrons. The molecular weight excluding hydrogens is 141 g/mol. The average Bonchev–Trinajstić information content (AvgIpc) is 1.94. The number of rotatable bonds is 1. The summed E-state index contributed by atoms with van der Waals surface area (Å²) >= 11 is 0. The van der Waals surface area contributed by atoms with E-state index in [0.29, 0.717) is 5.92 Å². The van der Waals surface area contributed by atoms with Gasteiger partial charge in [-0.15, -0.1) is 0 Å². The first-order chi connectivity index (χ1) is 5.11. The molecule has 0 spiro atoms. The van der Waals surface area contributed by atoms with E-state index in [2.05, 4.69) is 4.98 Å². The Morgan fingerprint density at radius 1 is 1.45 bits per heavy atom. The van der Waals surface area contributed by atoms with E-state index in [1.165, 1.54) is 6.07 Å². The van der Waals surface area contributed by atoms with Crippen LogP contribution in [-0.2, 0) is 0 Å². The van der Waals surface area contributed by atoms with Gasteiger partial charge in [-0.1, -0.05) is 13.8 Å². The van der Waals surface area contributed by atoms with E-state index in [-0.39, 0.29) is 5.95 Å². The van der Waals surface area contributed by atoms with Gasteiger partial charge in [-0.05, 0) is 30.0 Å². The molecule has 0 saturated heterocycles. The summed E-state index contributed by atoms with van der Waals surface area (Å²) in [5.74, 6) is -0.0215. The van der Waals surface area contributed by atoms with Crippen molar-refractivity contribution in [3.8, 4) is 0 Å². The summed E-state index contributed by atoms with van der Waals surface area (Å²) in [6.45, 7) is 6.03. The van der Waals surface area contributed by atoms with Gasteiger partial charge in [-0.25, -0.2) is 4.98 Å². The Balaban J connectivity index is 3.13. The Hall–Kier alpha value is -0.920. The van der Waals surface area contributed by atoms with Crippen molar-refractivity contribution in [2.75, 3.05) is 0 Å². The Kier molecular flexibility index (Phi) is 2.22. The molecule has 11 heavy (non-hydrogen) atoms. The van der Waals surface area contributed by atoms with E-state index in [9.17, 15) is 4.39 Å². The molecule has 2 heteroatoms. The van der Waals surface area contributed by atoms with Gasteiger partial charge in [0.05, 0.1) is 0 Å². The number of nitrogens with zero attached hydrogens (tertiary/aromatic N) is 1. The van der Waals surface area contributed by atoms with Crippen LogP contribution in [0.4, 0.5) is 4.39 Å². The van der Waals surface area contributed by atoms with Gasteiger partial charge < -0.3 is 0 Å². The van der Waals surface area contributed by atoms with E-state index in [1.807, 2.05) is 20.8 Å². The topological polar surface area (TPSA) is 12.9 Å². The van der Waals surface area contributed by atoms with Crippen molar-refractivity contribution in [3.63, 3.8) is 0 Å². The highest BCUT2D eigenvalue weighted by molar-refractivity contribution is 5.24. The van der Waals surface area contributed by atoms with E-state index >= 15 is 0 Å². The third kappa shape index (κ3) is 1.76. The van der Waals surface area contributed by atoms with E-state index in [4.69, 9.17) is 0 Å². The van der Waals surface area contributed by atoms with E-state index < -0.39 is 0 Å². The summed E-state index contributed by atoms with van der Waals surface area (Å²) in [6.07, 6.45) is 1.57. The molecule has 1 aromatic heterocycles. The molecule has 0 bridgehead atoms. The maximum Gasteiger partial charge on any atom is 0.213 e.